The number of nitrogens with one attached hydrogen (secondary N) is 1. The van der Waals surface area contributed by atoms with Crippen molar-refractivity contribution in [2.45, 2.75) is 70.9 Å². The molecule has 1 amide bonds. The van der Waals surface area contributed by atoms with E-state index in [1.807, 2.05) is 6.07 Å². The predicted octanol–water partition coefficient (Wildman–Crippen LogP) is 2.08. The van der Waals surface area contributed by atoms with E-state index in [9.17, 15) is 9.90 Å². The van der Waals surface area contributed by atoms with E-state index in [4.69, 9.17) is 4.98 Å². The Bertz CT molecular complexity index is 660. The second kappa shape index (κ2) is 9.85. The first kappa shape index (κ1) is 22.0. The zero-order valence-corrected chi connectivity index (χ0v) is 18.2. The van der Waals surface area contributed by atoms with Crippen LogP contribution in [-0.4, -0.2) is 65.2 Å². The number of aliphatic hydroxyl groups excluding tert-OH is 1. The molecule has 2 aliphatic rings. The Morgan fingerprint density at radius 1 is 1.14 bits per heavy atom. The van der Waals surface area contributed by atoms with Crippen LogP contribution < -0.4 is 10.2 Å². The number of carbonyl (C=O) groups excluding carboxylic acids is 1. The van der Waals surface area contributed by atoms with Gasteiger partial charge in [-0.2, -0.15) is 0 Å². The van der Waals surface area contributed by atoms with Crippen LogP contribution in [0.4, 0.5) is 5.82 Å². The Hall–Kier alpha value is -1.73. The minimum Gasteiger partial charge on any atom is -0.390 e. The SMILES string of the molecule is CC(C)(C)c1nc(CO)cc(N2CCN(CCC3CCC(NC=O)CC3)CC2)n1. The van der Waals surface area contributed by atoms with Gasteiger partial charge in [0.2, 0.25) is 6.41 Å². The van der Waals surface area contributed by atoms with Crippen molar-refractivity contribution in [3.05, 3.63) is 17.6 Å². The van der Waals surface area contributed by atoms with Gasteiger partial charge in [0.1, 0.15) is 11.6 Å². The molecule has 1 aliphatic heterocycles. The maximum absolute atomic E-state index is 10.6. The maximum Gasteiger partial charge on any atom is 0.207 e. The summed E-state index contributed by atoms with van der Waals surface area (Å²) in [6.45, 7) is 11.4. The number of carbonyl (C=O) groups is 1. The maximum atomic E-state index is 10.6. The average molecular weight is 404 g/mol. The molecule has 1 saturated carbocycles. The fraction of sp³-hybridized carbons (Fsp3) is 0.773. The zero-order chi connectivity index (χ0) is 20.9. The Morgan fingerprint density at radius 2 is 1.83 bits per heavy atom. The minimum absolute atomic E-state index is 0.0524. The van der Waals surface area contributed by atoms with Crippen molar-refractivity contribution < 1.29 is 9.90 Å². The summed E-state index contributed by atoms with van der Waals surface area (Å²) in [6, 6.07) is 2.32. The summed E-state index contributed by atoms with van der Waals surface area (Å²) in [5.74, 6) is 2.52. The third kappa shape index (κ3) is 6.12. The van der Waals surface area contributed by atoms with Gasteiger partial charge in [-0.3, -0.25) is 9.69 Å². The van der Waals surface area contributed by atoms with Gasteiger partial charge < -0.3 is 15.3 Å². The Labute approximate surface area is 174 Å². The summed E-state index contributed by atoms with van der Waals surface area (Å²) in [5, 5.41) is 12.5. The molecule has 0 atom stereocenters. The molecule has 2 N–H and O–H groups in total. The van der Waals surface area contributed by atoms with Crippen molar-refractivity contribution in [2.24, 2.45) is 5.92 Å². The summed E-state index contributed by atoms with van der Waals surface area (Å²) >= 11 is 0. The number of aliphatic hydroxyl groups is 1. The molecule has 1 aliphatic carbocycles. The highest BCUT2D eigenvalue weighted by Crippen LogP contribution is 2.27. The third-order valence-electron chi connectivity index (χ3n) is 6.30. The van der Waals surface area contributed by atoms with Crippen molar-refractivity contribution >= 4 is 12.2 Å². The quantitative estimate of drug-likeness (QED) is 0.679. The number of anilines is 1. The zero-order valence-electron chi connectivity index (χ0n) is 18.2. The van der Waals surface area contributed by atoms with E-state index in [1.54, 1.807) is 0 Å². The van der Waals surface area contributed by atoms with E-state index < -0.39 is 0 Å². The molecular formula is C22H37N5O2. The van der Waals surface area contributed by atoms with Gasteiger partial charge in [-0.15, -0.1) is 0 Å². The summed E-state index contributed by atoms with van der Waals surface area (Å²) in [6.07, 6.45) is 6.79. The number of amides is 1. The van der Waals surface area contributed by atoms with Gasteiger partial charge >= 0.3 is 0 Å². The van der Waals surface area contributed by atoms with Gasteiger partial charge in [-0.05, 0) is 44.6 Å². The molecule has 3 rings (SSSR count). The molecule has 1 saturated heterocycles. The second-order valence-electron chi connectivity index (χ2n) is 9.57. The average Bonchev–Trinajstić information content (AvgIpc) is 2.73. The first-order valence-electron chi connectivity index (χ1n) is 11.1. The standard InChI is InChI=1S/C22H37N5O2/c1-22(2,3)21-24-19(15-28)14-20(25-21)27-12-10-26(11-13-27)9-8-17-4-6-18(7-5-17)23-16-29/h14,16-18,28H,4-13,15H2,1-3H3,(H,23,29). The molecule has 7 heteroatoms. The topological polar surface area (TPSA) is 81.6 Å². The lowest BCUT2D eigenvalue weighted by molar-refractivity contribution is -0.110. The van der Waals surface area contributed by atoms with Crippen LogP contribution in [-0.2, 0) is 16.8 Å². The molecule has 0 spiro atoms. The molecule has 0 bridgehead atoms. The first-order valence-corrected chi connectivity index (χ1v) is 11.1. The molecular weight excluding hydrogens is 366 g/mol. The Morgan fingerprint density at radius 3 is 2.41 bits per heavy atom. The van der Waals surface area contributed by atoms with Gasteiger partial charge in [-0.25, -0.2) is 9.97 Å². The Kier molecular flexibility index (Phi) is 7.46. The smallest absolute Gasteiger partial charge is 0.207 e. The second-order valence-corrected chi connectivity index (χ2v) is 9.57. The normalized spacial score (nSPS) is 23.8. The van der Waals surface area contributed by atoms with E-state index in [2.05, 4.69) is 40.9 Å². The van der Waals surface area contributed by atoms with Gasteiger partial charge in [0.05, 0.1) is 12.3 Å². The largest absolute Gasteiger partial charge is 0.390 e. The predicted molar refractivity (Wildman–Crippen MR) is 115 cm³/mol. The summed E-state index contributed by atoms with van der Waals surface area (Å²) < 4.78 is 0. The number of piperazine rings is 1. The molecule has 1 aromatic heterocycles. The van der Waals surface area contributed by atoms with Crippen LogP contribution in [0.1, 0.15) is 64.4 Å². The highest BCUT2D eigenvalue weighted by Gasteiger charge is 2.25. The molecule has 162 valence electrons. The van der Waals surface area contributed by atoms with Crippen molar-refractivity contribution in [2.75, 3.05) is 37.6 Å². The molecule has 0 aromatic carbocycles. The van der Waals surface area contributed by atoms with E-state index in [0.29, 0.717) is 11.7 Å². The fourth-order valence-electron chi connectivity index (χ4n) is 4.34. The minimum atomic E-state index is -0.137. The number of aromatic nitrogens is 2. The molecule has 1 aromatic rings. The molecule has 29 heavy (non-hydrogen) atoms. The number of hydrogen-bond acceptors (Lipinski definition) is 6. The van der Waals surface area contributed by atoms with E-state index in [-0.39, 0.29) is 12.0 Å². The van der Waals surface area contributed by atoms with Crippen molar-refractivity contribution in [3.63, 3.8) is 0 Å². The van der Waals surface area contributed by atoms with Crippen molar-refractivity contribution in [1.82, 2.24) is 20.2 Å². The lowest BCUT2D eigenvalue weighted by Crippen LogP contribution is -2.47. The third-order valence-corrected chi connectivity index (χ3v) is 6.30. The molecule has 0 unspecified atom stereocenters. The molecule has 2 heterocycles. The lowest BCUT2D eigenvalue weighted by Gasteiger charge is -2.37. The summed E-state index contributed by atoms with van der Waals surface area (Å²) in [4.78, 5) is 24.8. The van der Waals surface area contributed by atoms with Crippen LogP contribution in [0.15, 0.2) is 6.07 Å². The number of rotatable bonds is 7. The van der Waals surface area contributed by atoms with E-state index >= 15 is 0 Å². The van der Waals surface area contributed by atoms with Gasteiger partial charge in [-0.1, -0.05) is 20.8 Å². The van der Waals surface area contributed by atoms with Crippen LogP contribution in [0.3, 0.4) is 0 Å². The van der Waals surface area contributed by atoms with E-state index in [0.717, 1.165) is 69.5 Å². The first-order chi connectivity index (χ1) is 13.9. The lowest BCUT2D eigenvalue weighted by atomic mass is 9.84. The summed E-state index contributed by atoms with van der Waals surface area (Å²) in [5.41, 5.74) is 0.559. The highest BCUT2D eigenvalue weighted by molar-refractivity contribution is 5.46. The number of hydrogen-bond donors (Lipinski definition) is 2. The van der Waals surface area contributed by atoms with Crippen LogP contribution in [0, 0.1) is 5.92 Å². The number of nitrogens with zero attached hydrogens (tertiary/aromatic N) is 4. The van der Waals surface area contributed by atoms with Gasteiger partial charge in [0, 0.05) is 43.7 Å². The van der Waals surface area contributed by atoms with Crippen molar-refractivity contribution in [1.29, 1.82) is 0 Å². The van der Waals surface area contributed by atoms with E-state index in [1.165, 1.54) is 19.3 Å². The van der Waals surface area contributed by atoms with Gasteiger partial charge in [0.15, 0.2) is 0 Å². The van der Waals surface area contributed by atoms with Crippen LogP contribution in [0.25, 0.3) is 0 Å². The Balaban J connectivity index is 1.48. The van der Waals surface area contributed by atoms with Gasteiger partial charge in [0.25, 0.3) is 0 Å². The van der Waals surface area contributed by atoms with Crippen molar-refractivity contribution in [3.8, 4) is 0 Å². The molecule has 0 radical (unpaired) electrons. The van der Waals surface area contributed by atoms with Crippen LogP contribution in [0.2, 0.25) is 0 Å². The fourth-order valence-corrected chi connectivity index (χ4v) is 4.34. The van der Waals surface area contributed by atoms with Crippen LogP contribution in [0.5, 0.6) is 0 Å². The molecule has 2 fully saturated rings. The summed E-state index contributed by atoms with van der Waals surface area (Å²) in [7, 11) is 0. The monoisotopic (exact) mass is 403 g/mol. The van der Waals surface area contributed by atoms with Crippen LogP contribution >= 0.6 is 0 Å². The molecule has 7 nitrogen and oxygen atoms in total. The highest BCUT2D eigenvalue weighted by atomic mass is 16.3.